The summed E-state index contributed by atoms with van der Waals surface area (Å²) in [6, 6.07) is 4.55. The molecule has 0 aliphatic carbocycles. The topological polar surface area (TPSA) is 24.9 Å². The number of hydrogen-bond acceptors (Lipinski definition) is 2. The van der Waals surface area contributed by atoms with Gasteiger partial charge in [-0.25, -0.2) is 0 Å². The monoisotopic (exact) mass is 232 g/mol. The van der Waals surface area contributed by atoms with E-state index in [1.807, 2.05) is 12.3 Å². The zero-order valence-electron chi connectivity index (χ0n) is 11.3. The molecule has 0 saturated heterocycles. The van der Waals surface area contributed by atoms with Crippen molar-refractivity contribution in [1.82, 2.24) is 10.3 Å². The molecule has 0 aromatic carbocycles. The predicted octanol–water partition coefficient (Wildman–Crippen LogP) is 3.65. The van der Waals surface area contributed by atoms with Crippen molar-refractivity contribution < 1.29 is 0 Å². The molecule has 1 rings (SSSR count). The van der Waals surface area contributed by atoms with Crippen LogP contribution in [0, 0.1) is 0 Å². The minimum Gasteiger partial charge on any atom is -0.309 e. The fourth-order valence-corrected chi connectivity index (χ4v) is 2.04. The van der Waals surface area contributed by atoms with E-state index in [9.17, 15) is 0 Å². The molecule has 1 N–H and O–H groups in total. The van der Waals surface area contributed by atoms with E-state index in [1.165, 1.54) is 16.8 Å². The minimum atomic E-state index is 0.354. The summed E-state index contributed by atoms with van der Waals surface area (Å²) < 4.78 is 0. The first kappa shape index (κ1) is 13.9. The van der Waals surface area contributed by atoms with E-state index >= 15 is 0 Å². The Bertz CT molecular complexity index is 358. The normalized spacial score (nSPS) is 12.4. The quantitative estimate of drug-likeness (QED) is 0.726. The van der Waals surface area contributed by atoms with Gasteiger partial charge in [0.2, 0.25) is 0 Å². The van der Waals surface area contributed by atoms with Gasteiger partial charge in [0.15, 0.2) is 0 Å². The zero-order chi connectivity index (χ0) is 12.7. The molecule has 0 fully saturated rings. The molecule has 2 nitrogen and oxygen atoms in total. The van der Waals surface area contributed by atoms with Gasteiger partial charge >= 0.3 is 0 Å². The molecule has 1 aromatic heterocycles. The van der Waals surface area contributed by atoms with E-state index < -0.39 is 0 Å². The Morgan fingerprint density at radius 3 is 2.82 bits per heavy atom. The summed E-state index contributed by atoms with van der Waals surface area (Å²) in [7, 11) is 0. The van der Waals surface area contributed by atoms with Gasteiger partial charge in [-0.3, -0.25) is 4.98 Å². The number of rotatable bonds is 7. The highest BCUT2D eigenvalue weighted by Gasteiger charge is 2.14. The van der Waals surface area contributed by atoms with Crippen molar-refractivity contribution in [2.75, 3.05) is 6.54 Å². The smallest absolute Gasteiger partial charge is 0.0605 e. The van der Waals surface area contributed by atoms with Gasteiger partial charge in [-0.2, -0.15) is 0 Å². The van der Waals surface area contributed by atoms with Crippen molar-refractivity contribution >= 4 is 0 Å². The van der Waals surface area contributed by atoms with Gasteiger partial charge in [-0.1, -0.05) is 25.5 Å². The van der Waals surface area contributed by atoms with Crippen LogP contribution in [0.25, 0.3) is 0 Å². The molecule has 0 spiro atoms. The van der Waals surface area contributed by atoms with Crippen LogP contribution in [-0.2, 0) is 6.42 Å². The van der Waals surface area contributed by atoms with E-state index in [4.69, 9.17) is 0 Å². The summed E-state index contributed by atoms with van der Waals surface area (Å²) in [5.74, 6) is 0. The maximum Gasteiger partial charge on any atom is 0.0605 e. The zero-order valence-corrected chi connectivity index (χ0v) is 11.3. The first-order valence-corrected chi connectivity index (χ1v) is 6.50. The maximum absolute atomic E-state index is 4.55. The fourth-order valence-electron chi connectivity index (χ4n) is 2.04. The van der Waals surface area contributed by atoms with Crippen molar-refractivity contribution in [3.05, 3.63) is 41.7 Å². The van der Waals surface area contributed by atoms with Crippen molar-refractivity contribution in [2.45, 2.75) is 46.1 Å². The van der Waals surface area contributed by atoms with Crippen LogP contribution < -0.4 is 5.32 Å². The van der Waals surface area contributed by atoms with Gasteiger partial charge < -0.3 is 5.32 Å². The lowest BCUT2D eigenvalue weighted by Crippen LogP contribution is -2.23. The minimum absolute atomic E-state index is 0.354. The molecule has 0 amide bonds. The Morgan fingerprint density at radius 1 is 1.47 bits per heavy atom. The number of allylic oxidation sites excluding steroid dienone is 1. The highest BCUT2D eigenvalue weighted by atomic mass is 14.9. The van der Waals surface area contributed by atoms with Gasteiger partial charge in [0.05, 0.1) is 11.7 Å². The van der Waals surface area contributed by atoms with Gasteiger partial charge in [0.1, 0.15) is 0 Å². The summed E-state index contributed by atoms with van der Waals surface area (Å²) >= 11 is 0. The summed E-state index contributed by atoms with van der Waals surface area (Å²) in [6.45, 7) is 11.4. The number of nitrogens with one attached hydrogen (secondary N) is 1. The molecule has 1 aromatic rings. The van der Waals surface area contributed by atoms with Gasteiger partial charge in [-0.05, 0) is 44.4 Å². The third-order valence-corrected chi connectivity index (χ3v) is 2.95. The summed E-state index contributed by atoms with van der Waals surface area (Å²) in [5, 5.41) is 3.53. The van der Waals surface area contributed by atoms with Crippen molar-refractivity contribution in [1.29, 1.82) is 0 Å². The second-order valence-corrected chi connectivity index (χ2v) is 4.51. The summed E-state index contributed by atoms with van der Waals surface area (Å²) in [6.07, 6.45) is 5.06. The molecule has 1 heterocycles. The van der Waals surface area contributed by atoms with Crippen LogP contribution in [0.15, 0.2) is 30.5 Å². The standard InChI is InChI=1S/C15H24N2/c1-5-13-8-7-11-17-15(13)14(16-6-2)10-9-12(3)4/h7-8,11,14,16H,3,5-6,9-10H2,1-2,4H3. The lowest BCUT2D eigenvalue weighted by atomic mass is 9.99. The summed E-state index contributed by atoms with van der Waals surface area (Å²) in [5.41, 5.74) is 3.79. The number of nitrogens with zero attached hydrogens (tertiary/aromatic N) is 1. The van der Waals surface area contributed by atoms with Gasteiger partial charge in [-0.15, -0.1) is 6.58 Å². The highest BCUT2D eigenvalue weighted by molar-refractivity contribution is 5.23. The Hall–Kier alpha value is -1.15. The second-order valence-electron chi connectivity index (χ2n) is 4.51. The van der Waals surface area contributed by atoms with Gasteiger partial charge in [0, 0.05) is 6.20 Å². The van der Waals surface area contributed by atoms with E-state index in [0.717, 1.165) is 25.8 Å². The molecular formula is C15H24N2. The Labute approximate surface area is 105 Å². The molecule has 0 saturated carbocycles. The highest BCUT2D eigenvalue weighted by Crippen LogP contribution is 2.22. The molecule has 1 unspecified atom stereocenters. The third kappa shape index (κ3) is 4.31. The molecule has 0 radical (unpaired) electrons. The Kier molecular flexibility index (Phi) is 5.92. The predicted molar refractivity (Wildman–Crippen MR) is 74.1 cm³/mol. The Morgan fingerprint density at radius 2 is 2.24 bits per heavy atom. The fraction of sp³-hybridized carbons (Fsp3) is 0.533. The number of hydrogen-bond donors (Lipinski definition) is 1. The third-order valence-electron chi connectivity index (χ3n) is 2.95. The number of aryl methyl sites for hydroxylation is 1. The van der Waals surface area contributed by atoms with Gasteiger partial charge in [0.25, 0.3) is 0 Å². The van der Waals surface area contributed by atoms with Crippen LogP contribution in [0.5, 0.6) is 0 Å². The Balaban J connectivity index is 2.84. The molecule has 0 aliphatic rings. The molecule has 2 heteroatoms. The SMILES string of the molecule is C=C(C)CCC(NCC)c1ncccc1CC. The average molecular weight is 232 g/mol. The molecule has 0 aliphatic heterocycles. The number of aromatic nitrogens is 1. The lowest BCUT2D eigenvalue weighted by Gasteiger charge is -2.20. The molecule has 0 bridgehead atoms. The van der Waals surface area contributed by atoms with Crippen LogP contribution in [0.1, 0.15) is 50.9 Å². The van der Waals surface area contributed by atoms with E-state index in [1.54, 1.807) is 0 Å². The summed E-state index contributed by atoms with van der Waals surface area (Å²) in [4.78, 5) is 4.55. The maximum atomic E-state index is 4.55. The van der Waals surface area contributed by atoms with Crippen LogP contribution in [0.4, 0.5) is 0 Å². The number of pyridine rings is 1. The molecule has 17 heavy (non-hydrogen) atoms. The van der Waals surface area contributed by atoms with Crippen LogP contribution >= 0.6 is 0 Å². The van der Waals surface area contributed by atoms with Crippen molar-refractivity contribution in [2.24, 2.45) is 0 Å². The lowest BCUT2D eigenvalue weighted by molar-refractivity contribution is 0.499. The van der Waals surface area contributed by atoms with Crippen LogP contribution in [-0.4, -0.2) is 11.5 Å². The van der Waals surface area contributed by atoms with Crippen molar-refractivity contribution in [3.8, 4) is 0 Å². The van der Waals surface area contributed by atoms with Crippen molar-refractivity contribution in [3.63, 3.8) is 0 Å². The first-order chi connectivity index (χ1) is 8.19. The van der Waals surface area contributed by atoms with Crippen LogP contribution in [0.3, 0.4) is 0 Å². The van der Waals surface area contributed by atoms with E-state index in [0.29, 0.717) is 6.04 Å². The largest absolute Gasteiger partial charge is 0.309 e. The van der Waals surface area contributed by atoms with E-state index in [2.05, 4.69) is 43.7 Å². The molecular weight excluding hydrogens is 208 g/mol. The van der Waals surface area contributed by atoms with Crippen LogP contribution in [0.2, 0.25) is 0 Å². The first-order valence-electron chi connectivity index (χ1n) is 6.50. The molecule has 1 atom stereocenters. The molecule has 94 valence electrons. The average Bonchev–Trinajstić information content (AvgIpc) is 2.34. The van der Waals surface area contributed by atoms with E-state index in [-0.39, 0.29) is 0 Å². The second kappa shape index (κ2) is 7.23.